The Kier molecular flexibility index (Phi) is 4.84. The van der Waals surface area contributed by atoms with Gasteiger partial charge >= 0.3 is 0 Å². The number of para-hydroxylation sites is 1. The van der Waals surface area contributed by atoms with Crippen LogP contribution in [-0.2, 0) is 4.52 Å². The molecule has 1 aliphatic carbocycles. The third-order valence-corrected chi connectivity index (χ3v) is 7.26. The van der Waals surface area contributed by atoms with Gasteiger partial charge in [-0.25, -0.2) is 0 Å². The summed E-state index contributed by atoms with van der Waals surface area (Å²) in [5.74, 6) is 2.98. The van der Waals surface area contributed by atoms with Gasteiger partial charge in [0.15, 0.2) is 0 Å². The van der Waals surface area contributed by atoms with Gasteiger partial charge < -0.3 is 9.05 Å². The molecule has 0 saturated heterocycles. The van der Waals surface area contributed by atoms with E-state index in [1.807, 2.05) is 6.07 Å². The largest absolute Gasteiger partial charge is 0.443 e. The summed E-state index contributed by atoms with van der Waals surface area (Å²) in [6.07, 6.45) is 4.04. The maximum Gasteiger partial charge on any atom is 0.265 e. The van der Waals surface area contributed by atoms with Gasteiger partial charge in [-0.15, -0.1) is 0 Å². The van der Waals surface area contributed by atoms with Crippen molar-refractivity contribution in [2.24, 2.45) is 17.8 Å². The van der Waals surface area contributed by atoms with E-state index in [-0.39, 0.29) is 0 Å². The van der Waals surface area contributed by atoms with Crippen LogP contribution in [0.15, 0.2) is 48.5 Å². The van der Waals surface area contributed by atoms with Gasteiger partial charge in [-0.1, -0.05) is 63.6 Å². The van der Waals surface area contributed by atoms with Gasteiger partial charge in [0.1, 0.15) is 5.75 Å². The minimum absolute atomic E-state index is 0.299. The zero-order valence-corrected chi connectivity index (χ0v) is 16.2. The fourth-order valence-electron chi connectivity index (χ4n) is 4.21. The zero-order valence-electron chi connectivity index (χ0n) is 15.3. The molecule has 1 heterocycles. The van der Waals surface area contributed by atoms with Crippen LogP contribution >= 0.6 is 8.38 Å². The summed E-state index contributed by atoms with van der Waals surface area (Å²) in [4.78, 5) is 0. The van der Waals surface area contributed by atoms with E-state index in [1.165, 1.54) is 29.3 Å². The molecular formula is C22H27O2P. The second-order valence-electron chi connectivity index (χ2n) is 7.83. The lowest BCUT2D eigenvalue weighted by Crippen LogP contribution is -2.34. The third kappa shape index (κ3) is 3.35. The molecule has 132 valence electrons. The Morgan fingerprint density at radius 3 is 2.52 bits per heavy atom. The lowest BCUT2D eigenvalue weighted by molar-refractivity contribution is 0.0501. The summed E-state index contributed by atoms with van der Waals surface area (Å²) in [7, 11) is -1.07. The monoisotopic (exact) mass is 354 g/mol. The number of benzene rings is 2. The Balaban J connectivity index is 1.65. The highest BCUT2D eigenvalue weighted by Crippen LogP contribution is 2.52. The van der Waals surface area contributed by atoms with E-state index < -0.39 is 8.38 Å². The van der Waals surface area contributed by atoms with Crippen LogP contribution in [0.5, 0.6) is 5.75 Å². The number of hydrogen-bond donors (Lipinski definition) is 0. The predicted molar refractivity (Wildman–Crippen MR) is 105 cm³/mol. The molecule has 0 amide bonds. The first-order valence-corrected chi connectivity index (χ1v) is 10.6. The Morgan fingerprint density at radius 2 is 1.72 bits per heavy atom. The summed E-state index contributed by atoms with van der Waals surface area (Å²) in [6.45, 7) is 7.01. The lowest BCUT2D eigenvalue weighted by atomic mass is 9.75. The highest BCUT2D eigenvalue weighted by molar-refractivity contribution is 7.57. The minimum Gasteiger partial charge on any atom is -0.443 e. The van der Waals surface area contributed by atoms with E-state index in [9.17, 15) is 0 Å². The zero-order chi connectivity index (χ0) is 17.4. The molecule has 0 bridgehead atoms. The average molecular weight is 354 g/mol. The third-order valence-electron chi connectivity index (χ3n) is 5.65. The van der Waals surface area contributed by atoms with Crippen molar-refractivity contribution < 1.29 is 9.05 Å². The quantitative estimate of drug-likeness (QED) is 0.615. The van der Waals surface area contributed by atoms with Crippen LogP contribution in [0.25, 0.3) is 11.1 Å². The Morgan fingerprint density at radius 1 is 1.00 bits per heavy atom. The van der Waals surface area contributed by atoms with Crippen molar-refractivity contribution in [1.82, 2.24) is 0 Å². The fourth-order valence-corrected chi connectivity index (χ4v) is 5.89. The predicted octanol–water partition coefficient (Wildman–Crippen LogP) is 6.16. The van der Waals surface area contributed by atoms with Crippen molar-refractivity contribution in [2.75, 3.05) is 0 Å². The van der Waals surface area contributed by atoms with Crippen LogP contribution in [0.2, 0.25) is 0 Å². The van der Waals surface area contributed by atoms with Gasteiger partial charge in [0.2, 0.25) is 0 Å². The smallest absolute Gasteiger partial charge is 0.265 e. The minimum atomic E-state index is -1.07. The fraction of sp³-hybridized carbons (Fsp3) is 0.455. The molecule has 2 aromatic carbocycles. The summed E-state index contributed by atoms with van der Waals surface area (Å²) in [6, 6.07) is 16.9. The maximum atomic E-state index is 6.70. The molecule has 1 saturated carbocycles. The van der Waals surface area contributed by atoms with Crippen molar-refractivity contribution in [2.45, 2.75) is 46.1 Å². The topological polar surface area (TPSA) is 18.5 Å². The summed E-state index contributed by atoms with van der Waals surface area (Å²) >= 11 is 0. The second-order valence-corrected chi connectivity index (χ2v) is 9.22. The number of rotatable bonds is 3. The highest BCUT2D eigenvalue weighted by Gasteiger charge is 2.36. The van der Waals surface area contributed by atoms with E-state index in [4.69, 9.17) is 9.05 Å². The Hall–Kier alpha value is -1.37. The Labute approximate surface area is 152 Å². The van der Waals surface area contributed by atoms with Crippen molar-refractivity contribution in [1.29, 1.82) is 0 Å². The standard InChI is InChI=1S/C22H27O2P/c1-15(2)17-13-12-16(3)14-21(17)24-25-22-11-7-5-9-19(22)18-8-4-6-10-20(18)23-25/h4-11,15-17,21H,12-14H2,1-3H3/t16-,17+,21-,25?/m1/s1. The summed E-state index contributed by atoms with van der Waals surface area (Å²) in [5, 5.41) is 1.22. The van der Waals surface area contributed by atoms with Crippen LogP contribution in [0.4, 0.5) is 0 Å². The van der Waals surface area contributed by atoms with E-state index in [0.29, 0.717) is 17.9 Å². The van der Waals surface area contributed by atoms with Crippen molar-refractivity contribution >= 4 is 13.7 Å². The molecule has 2 aliphatic rings. The molecule has 1 fully saturated rings. The van der Waals surface area contributed by atoms with Gasteiger partial charge in [0, 0.05) is 5.56 Å². The maximum absolute atomic E-state index is 6.70. The number of hydrogen-bond acceptors (Lipinski definition) is 2. The average Bonchev–Trinajstić information content (AvgIpc) is 2.62. The molecule has 1 unspecified atom stereocenters. The molecule has 25 heavy (non-hydrogen) atoms. The van der Waals surface area contributed by atoms with Gasteiger partial charge in [-0.3, -0.25) is 0 Å². The molecule has 0 spiro atoms. The first-order valence-electron chi connectivity index (χ1n) is 9.46. The summed E-state index contributed by atoms with van der Waals surface area (Å²) < 4.78 is 13.1. The van der Waals surface area contributed by atoms with Crippen molar-refractivity contribution in [3.05, 3.63) is 48.5 Å². The van der Waals surface area contributed by atoms with E-state index in [1.54, 1.807) is 0 Å². The molecule has 2 nitrogen and oxygen atoms in total. The van der Waals surface area contributed by atoms with Crippen LogP contribution < -0.4 is 9.83 Å². The van der Waals surface area contributed by atoms with Gasteiger partial charge in [-0.05, 0) is 48.3 Å². The van der Waals surface area contributed by atoms with Gasteiger partial charge in [0.05, 0.1) is 11.4 Å². The Bertz CT molecular complexity index is 742. The molecule has 3 heteroatoms. The van der Waals surface area contributed by atoms with Crippen LogP contribution in [-0.4, -0.2) is 6.10 Å². The van der Waals surface area contributed by atoms with Crippen LogP contribution in [0, 0.1) is 17.8 Å². The normalized spacial score (nSPS) is 28.2. The molecule has 2 aromatic rings. The van der Waals surface area contributed by atoms with Crippen molar-refractivity contribution in [3.63, 3.8) is 0 Å². The molecule has 0 radical (unpaired) electrons. The molecule has 4 rings (SSSR count). The summed E-state index contributed by atoms with van der Waals surface area (Å²) in [5.41, 5.74) is 2.44. The SMILES string of the molecule is CC(C)[C@@H]1CC[C@@H](C)C[C@H]1OP1Oc2ccccc2-c2ccccc21. The highest BCUT2D eigenvalue weighted by atomic mass is 31.2. The van der Waals surface area contributed by atoms with E-state index in [0.717, 1.165) is 18.1 Å². The number of fused-ring (bicyclic) bond motifs is 3. The van der Waals surface area contributed by atoms with E-state index >= 15 is 0 Å². The molecule has 0 aromatic heterocycles. The van der Waals surface area contributed by atoms with Crippen molar-refractivity contribution in [3.8, 4) is 16.9 Å². The van der Waals surface area contributed by atoms with Crippen LogP contribution in [0.3, 0.4) is 0 Å². The van der Waals surface area contributed by atoms with Gasteiger partial charge in [0.25, 0.3) is 8.38 Å². The molecular weight excluding hydrogens is 327 g/mol. The first-order chi connectivity index (χ1) is 12.1. The molecule has 4 atom stereocenters. The molecule has 1 aliphatic heterocycles. The van der Waals surface area contributed by atoms with Gasteiger partial charge in [-0.2, -0.15) is 0 Å². The van der Waals surface area contributed by atoms with E-state index in [2.05, 4.69) is 63.2 Å². The lowest BCUT2D eigenvalue weighted by Gasteiger charge is -2.39. The van der Waals surface area contributed by atoms with Crippen LogP contribution in [0.1, 0.15) is 40.0 Å². The first kappa shape index (κ1) is 17.1. The molecule has 0 N–H and O–H groups in total. The second kappa shape index (κ2) is 7.09.